The highest BCUT2D eigenvalue weighted by Gasteiger charge is 2.68. The van der Waals surface area contributed by atoms with Gasteiger partial charge in [-0.25, -0.2) is 9.18 Å². The molecule has 0 aliphatic heterocycles. The van der Waals surface area contributed by atoms with Crippen LogP contribution < -0.4 is 10.6 Å². The summed E-state index contributed by atoms with van der Waals surface area (Å²) in [4.78, 5) is 11.3. The Morgan fingerprint density at radius 2 is 1.57 bits per heavy atom. The van der Waals surface area contributed by atoms with Crippen LogP contribution in [0, 0.1) is 5.82 Å². The molecule has 0 fully saturated rings. The first kappa shape index (κ1) is 17.1. The normalized spacial score (nSPS) is 13.0. The number of hydrogen-bond acceptors (Lipinski definition) is 1. The lowest BCUT2D eigenvalue weighted by Gasteiger charge is -2.34. The number of carbonyl (C=O) groups is 1. The maximum Gasteiger partial charge on any atom is 0.420 e. The summed E-state index contributed by atoms with van der Waals surface area (Å²) in [6, 6.07) is 2.17. The summed E-state index contributed by atoms with van der Waals surface area (Å²) in [6.07, 6.45) is -11.5. The first-order valence-electron chi connectivity index (χ1n) is 5.35. The fourth-order valence-electron chi connectivity index (χ4n) is 1.26. The van der Waals surface area contributed by atoms with Crippen LogP contribution in [0.5, 0.6) is 0 Å². The molecule has 0 atom stereocenters. The van der Waals surface area contributed by atoms with Crippen LogP contribution in [0.1, 0.15) is 6.92 Å². The molecule has 1 rings (SSSR count). The number of hydrogen-bond donors (Lipinski definition) is 2. The van der Waals surface area contributed by atoms with Crippen molar-refractivity contribution in [1.29, 1.82) is 0 Å². The Hall–Kier alpha value is -2.00. The van der Waals surface area contributed by atoms with Gasteiger partial charge in [0.25, 0.3) is 0 Å². The van der Waals surface area contributed by atoms with E-state index in [0.29, 0.717) is 0 Å². The van der Waals surface area contributed by atoms with Crippen molar-refractivity contribution in [2.75, 3.05) is 5.32 Å². The molecule has 0 aliphatic rings. The third-order valence-electron chi connectivity index (χ3n) is 2.58. The molecule has 0 bridgehead atoms. The van der Waals surface area contributed by atoms with Crippen molar-refractivity contribution in [2.45, 2.75) is 24.8 Å². The Morgan fingerprint density at radius 1 is 1.05 bits per heavy atom. The standard InChI is InChI=1S/C11H9F7N2O/c1-9(10(13,14)15,11(16,17)18)20-8(21)19-7-4-2-3-6(12)5-7/h2-5H,1H3,(H2,19,20,21). The van der Waals surface area contributed by atoms with E-state index in [1.165, 1.54) is 0 Å². The monoisotopic (exact) mass is 318 g/mol. The van der Waals surface area contributed by atoms with Gasteiger partial charge < -0.3 is 10.6 Å². The zero-order chi connectivity index (χ0) is 16.5. The summed E-state index contributed by atoms with van der Waals surface area (Å²) in [5.74, 6) is -0.817. The molecule has 0 saturated heterocycles. The average molecular weight is 318 g/mol. The van der Waals surface area contributed by atoms with Crippen LogP contribution in [0.4, 0.5) is 41.2 Å². The number of alkyl halides is 6. The zero-order valence-corrected chi connectivity index (χ0v) is 10.4. The summed E-state index contributed by atoms with van der Waals surface area (Å²) < 4.78 is 88.0. The molecule has 21 heavy (non-hydrogen) atoms. The van der Waals surface area contributed by atoms with Crippen LogP contribution in [-0.4, -0.2) is 23.9 Å². The minimum Gasteiger partial charge on any atom is -0.316 e. The summed E-state index contributed by atoms with van der Waals surface area (Å²) in [7, 11) is 0. The van der Waals surface area contributed by atoms with Crippen molar-refractivity contribution < 1.29 is 35.5 Å². The molecule has 2 amide bonds. The van der Waals surface area contributed by atoms with Crippen molar-refractivity contribution in [3.63, 3.8) is 0 Å². The molecule has 0 aromatic heterocycles. The van der Waals surface area contributed by atoms with E-state index >= 15 is 0 Å². The van der Waals surface area contributed by atoms with E-state index in [2.05, 4.69) is 0 Å². The van der Waals surface area contributed by atoms with Gasteiger partial charge in [-0.05, 0) is 25.1 Å². The lowest BCUT2D eigenvalue weighted by molar-refractivity contribution is -0.297. The second kappa shape index (κ2) is 5.41. The van der Waals surface area contributed by atoms with Crippen LogP contribution in [0.25, 0.3) is 0 Å². The topological polar surface area (TPSA) is 41.1 Å². The van der Waals surface area contributed by atoms with E-state index in [1.807, 2.05) is 0 Å². The van der Waals surface area contributed by atoms with Gasteiger partial charge in [0, 0.05) is 5.69 Å². The number of anilines is 1. The van der Waals surface area contributed by atoms with Gasteiger partial charge >= 0.3 is 18.4 Å². The van der Waals surface area contributed by atoms with Crippen LogP contribution >= 0.6 is 0 Å². The number of rotatable bonds is 2. The van der Waals surface area contributed by atoms with Crippen LogP contribution in [0.3, 0.4) is 0 Å². The van der Waals surface area contributed by atoms with Gasteiger partial charge in [0.1, 0.15) is 5.82 Å². The third-order valence-corrected chi connectivity index (χ3v) is 2.58. The van der Waals surface area contributed by atoms with Gasteiger partial charge in [-0.1, -0.05) is 6.07 Å². The summed E-state index contributed by atoms with van der Waals surface area (Å²) in [5.41, 5.74) is -4.73. The summed E-state index contributed by atoms with van der Waals surface area (Å²) in [6.45, 7) is -0.210. The Labute approximate surface area is 114 Å². The summed E-state index contributed by atoms with van der Waals surface area (Å²) in [5, 5.41) is 2.51. The first-order valence-corrected chi connectivity index (χ1v) is 5.35. The van der Waals surface area contributed by atoms with Gasteiger partial charge in [0.05, 0.1) is 0 Å². The Bertz CT molecular complexity index is 510. The van der Waals surface area contributed by atoms with E-state index in [1.54, 1.807) is 5.32 Å². The SMILES string of the molecule is CC(NC(=O)Nc1cccc(F)c1)(C(F)(F)F)C(F)(F)F. The predicted octanol–water partition coefficient (Wildman–Crippen LogP) is 3.83. The molecular formula is C11H9F7N2O. The Morgan fingerprint density at radius 3 is 2.00 bits per heavy atom. The molecule has 0 heterocycles. The molecule has 0 aliphatic carbocycles. The van der Waals surface area contributed by atoms with E-state index in [-0.39, 0.29) is 12.6 Å². The van der Waals surface area contributed by atoms with Crippen LogP contribution in [0.2, 0.25) is 0 Å². The Kier molecular flexibility index (Phi) is 4.40. The van der Waals surface area contributed by atoms with Crippen molar-refractivity contribution in [1.82, 2.24) is 5.32 Å². The fourth-order valence-corrected chi connectivity index (χ4v) is 1.26. The average Bonchev–Trinajstić information content (AvgIpc) is 2.25. The molecule has 2 N–H and O–H groups in total. The summed E-state index contributed by atoms with van der Waals surface area (Å²) >= 11 is 0. The van der Waals surface area contributed by atoms with Crippen molar-refractivity contribution in [3.05, 3.63) is 30.1 Å². The second-order valence-corrected chi connectivity index (χ2v) is 4.21. The van der Waals surface area contributed by atoms with Crippen molar-refractivity contribution in [2.24, 2.45) is 0 Å². The predicted molar refractivity (Wildman–Crippen MR) is 59.1 cm³/mol. The number of urea groups is 1. The molecule has 1 aromatic carbocycles. The van der Waals surface area contributed by atoms with Gasteiger partial charge in [-0.2, -0.15) is 26.3 Å². The molecule has 3 nitrogen and oxygen atoms in total. The molecule has 0 saturated carbocycles. The lowest BCUT2D eigenvalue weighted by atomic mass is 10.0. The smallest absolute Gasteiger partial charge is 0.316 e. The van der Waals surface area contributed by atoms with Gasteiger partial charge in [0.2, 0.25) is 5.54 Å². The van der Waals surface area contributed by atoms with E-state index in [0.717, 1.165) is 29.6 Å². The largest absolute Gasteiger partial charge is 0.420 e. The number of amides is 2. The van der Waals surface area contributed by atoms with E-state index in [9.17, 15) is 35.5 Å². The second-order valence-electron chi connectivity index (χ2n) is 4.21. The quantitative estimate of drug-likeness (QED) is 0.800. The van der Waals surface area contributed by atoms with Gasteiger partial charge in [-0.3, -0.25) is 0 Å². The minimum atomic E-state index is -5.76. The maximum absolute atomic E-state index is 12.8. The van der Waals surface area contributed by atoms with Crippen LogP contribution in [0.15, 0.2) is 24.3 Å². The molecule has 10 heteroatoms. The number of halogens is 7. The van der Waals surface area contributed by atoms with E-state index in [4.69, 9.17) is 0 Å². The minimum absolute atomic E-state index is 0.210. The number of carbonyl (C=O) groups excluding carboxylic acids is 1. The van der Waals surface area contributed by atoms with Gasteiger partial charge in [0.15, 0.2) is 0 Å². The highest BCUT2D eigenvalue weighted by atomic mass is 19.4. The molecule has 1 aromatic rings. The third kappa shape index (κ3) is 3.76. The molecule has 0 spiro atoms. The Balaban J connectivity index is 2.93. The van der Waals surface area contributed by atoms with E-state index < -0.39 is 29.7 Å². The highest BCUT2D eigenvalue weighted by Crippen LogP contribution is 2.42. The van der Waals surface area contributed by atoms with Gasteiger partial charge in [-0.15, -0.1) is 0 Å². The van der Waals surface area contributed by atoms with Crippen molar-refractivity contribution >= 4 is 11.7 Å². The molecule has 118 valence electrons. The first-order chi connectivity index (χ1) is 9.37. The molecular weight excluding hydrogens is 309 g/mol. The lowest BCUT2D eigenvalue weighted by Crippen LogP contribution is -2.66. The van der Waals surface area contributed by atoms with Crippen molar-refractivity contribution in [3.8, 4) is 0 Å². The maximum atomic E-state index is 12.8. The fraction of sp³-hybridized carbons (Fsp3) is 0.364. The molecule has 0 unspecified atom stereocenters. The number of benzene rings is 1. The molecule has 0 radical (unpaired) electrons. The van der Waals surface area contributed by atoms with Crippen LogP contribution in [-0.2, 0) is 0 Å². The zero-order valence-electron chi connectivity index (χ0n) is 10.4. The highest BCUT2D eigenvalue weighted by molar-refractivity contribution is 5.89. The number of nitrogens with one attached hydrogen (secondary N) is 2.